The number of hydrogen-bond acceptors (Lipinski definition) is 3. The average molecular weight is 423 g/mol. The van der Waals surface area contributed by atoms with Gasteiger partial charge in [-0.1, -0.05) is 25.5 Å². The molecule has 0 radical (unpaired) electrons. The van der Waals surface area contributed by atoms with Crippen LogP contribution in [0.3, 0.4) is 0 Å². The normalized spacial score (nSPS) is 12.3. The van der Waals surface area contributed by atoms with E-state index in [0.29, 0.717) is 11.3 Å². The van der Waals surface area contributed by atoms with E-state index in [2.05, 4.69) is 11.9 Å². The van der Waals surface area contributed by atoms with Gasteiger partial charge in [0.25, 0.3) is 0 Å². The van der Waals surface area contributed by atoms with Crippen LogP contribution in [-0.2, 0) is 22.6 Å². The zero-order chi connectivity index (χ0) is 21.2. The van der Waals surface area contributed by atoms with Crippen molar-refractivity contribution in [3.63, 3.8) is 0 Å². The number of halogens is 3. The number of aromatic nitrogens is 2. The molecule has 2 N–H and O–H groups in total. The quantitative estimate of drug-likeness (QED) is 0.632. The predicted molar refractivity (Wildman–Crippen MR) is 104 cm³/mol. The van der Waals surface area contributed by atoms with Crippen molar-refractivity contribution in [1.29, 1.82) is 0 Å². The Labute approximate surface area is 167 Å². The number of aryl methyl sites for hydroxylation is 1. The summed E-state index contributed by atoms with van der Waals surface area (Å²) in [5.74, 6) is 0.0552. The summed E-state index contributed by atoms with van der Waals surface area (Å²) < 4.78 is 64.0. The first kappa shape index (κ1) is 21.1. The van der Waals surface area contributed by atoms with Crippen LogP contribution in [0.1, 0.15) is 31.0 Å². The number of imidazole rings is 1. The van der Waals surface area contributed by atoms with Crippen LogP contribution >= 0.6 is 0 Å². The maximum Gasteiger partial charge on any atom is 0.434 e. The molecule has 0 amide bonds. The van der Waals surface area contributed by atoms with Gasteiger partial charge >= 0.3 is 6.18 Å². The lowest BCUT2D eigenvalue weighted by Crippen LogP contribution is -2.11. The Bertz CT molecular complexity index is 1090. The summed E-state index contributed by atoms with van der Waals surface area (Å²) in [7, 11) is -3.90. The molecule has 9 heteroatoms. The predicted octanol–water partition coefficient (Wildman–Crippen LogP) is 4.55. The van der Waals surface area contributed by atoms with Gasteiger partial charge in [-0.2, -0.15) is 13.2 Å². The second-order valence-corrected chi connectivity index (χ2v) is 8.22. The van der Waals surface area contributed by atoms with Gasteiger partial charge in [0.2, 0.25) is 10.0 Å². The number of nitrogens with two attached hydrogens (primary N) is 1. The molecule has 0 aliphatic carbocycles. The summed E-state index contributed by atoms with van der Waals surface area (Å²) in [5, 5.41) is 5.08. The SMILES string of the molecule is CCCCc1ccc(-n2cc(C(F)(F)F)nc2-c2ccc(S(N)(=O)=O)cc2)cc1. The first-order valence-corrected chi connectivity index (χ1v) is 10.5. The van der Waals surface area contributed by atoms with Crippen LogP contribution in [0.2, 0.25) is 0 Å². The highest BCUT2D eigenvalue weighted by molar-refractivity contribution is 7.89. The Balaban J connectivity index is 2.06. The molecule has 154 valence electrons. The number of hydrogen-bond donors (Lipinski definition) is 1. The Morgan fingerprint density at radius 1 is 1.03 bits per heavy atom. The molecule has 5 nitrogen and oxygen atoms in total. The second kappa shape index (κ2) is 8.00. The van der Waals surface area contributed by atoms with Crippen molar-refractivity contribution in [3.8, 4) is 17.1 Å². The van der Waals surface area contributed by atoms with Crippen molar-refractivity contribution in [2.75, 3.05) is 0 Å². The number of rotatable bonds is 6. The monoisotopic (exact) mass is 423 g/mol. The lowest BCUT2D eigenvalue weighted by Gasteiger charge is -2.09. The zero-order valence-corrected chi connectivity index (χ0v) is 16.5. The van der Waals surface area contributed by atoms with E-state index in [1.54, 1.807) is 12.1 Å². The minimum atomic E-state index is -4.61. The van der Waals surface area contributed by atoms with Gasteiger partial charge in [0.15, 0.2) is 5.69 Å². The molecule has 0 atom stereocenters. The smallest absolute Gasteiger partial charge is 0.299 e. The summed E-state index contributed by atoms with van der Waals surface area (Å²) in [4.78, 5) is 3.62. The lowest BCUT2D eigenvalue weighted by molar-refractivity contribution is -0.140. The fourth-order valence-corrected chi connectivity index (χ4v) is 3.43. The van der Waals surface area contributed by atoms with Crippen LogP contribution in [0.15, 0.2) is 59.6 Å². The number of primary sulfonamides is 1. The summed E-state index contributed by atoms with van der Waals surface area (Å²) in [5.41, 5.74) is 0.936. The van der Waals surface area contributed by atoms with Gasteiger partial charge in [-0.3, -0.25) is 4.57 Å². The van der Waals surface area contributed by atoms with Crippen molar-refractivity contribution in [2.45, 2.75) is 37.3 Å². The second-order valence-electron chi connectivity index (χ2n) is 6.66. The highest BCUT2D eigenvalue weighted by Crippen LogP contribution is 2.33. The van der Waals surface area contributed by atoms with Crippen LogP contribution in [0, 0.1) is 0 Å². The molecule has 0 aliphatic rings. The van der Waals surface area contributed by atoms with E-state index in [1.165, 1.54) is 28.8 Å². The third-order valence-corrected chi connectivity index (χ3v) is 5.40. The largest absolute Gasteiger partial charge is 0.434 e. The van der Waals surface area contributed by atoms with Gasteiger partial charge < -0.3 is 0 Å². The molecular formula is C20H20F3N3O2S. The molecule has 3 rings (SSSR count). The summed E-state index contributed by atoms with van der Waals surface area (Å²) in [6, 6.07) is 12.5. The molecule has 0 saturated carbocycles. The third-order valence-electron chi connectivity index (χ3n) is 4.47. The number of unbranched alkanes of at least 4 members (excludes halogenated alkanes) is 1. The summed E-state index contributed by atoms with van der Waals surface area (Å²) in [6.45, 7) is 2.09. The first-order chi connectivity index (χ1) is 13.6. The van der Waals surface area contributed by atoms with Crippen LogP contribution in [-0.4, -0.2) is 18.0 Å². The minimum absolute atomic E-state index is 0.0552. The summed E-state index contributed by atoms with van der Waals surface area (Å²) >= 11 is 0. The maximum atomic E-state index is 13.3. The van der Waals surface area contributed by atoms with Gasteiger partial charge in [-0.25, -0.2) is 18.5 Å². The molecule has 3 aromatic rings. The maximum absolute atomic E-state index is 13.3. The Kier molecular flexibility index (Phi) is 5.81. The van der Waals surface area contributed by atoms with Crippen LogP contribution in [0.4, 0.5) is 13.2 Å². The molecular weight excluding hydrogens is 403 g/mol. The van der Waals surface area contributed by atoms with Crippen molar-refractivity contribution in [1.82, 2.24) is 9.55 Å². The highest BCUT2D eigenvalue weighted by Gasteiger charge is 2.35. The fraction of sp³-hybridized carbons (Fsp3) is 0.250. The average Bonchev–Trinajstić information content (AvgIpc) is 3.12. The fourth-order valence-electron chi connectivity index (χ4n) is 2.92. The van der Waals surface area contributed by atoms with E-state index in [0.717, 1.165) is 31.0 Å². The molecule has 0 saturated heterocycles. The molecule has 0 spiro atoms. The molecule has 1 heterocycles. The van der Waals surface area contributed by atoms with E-state index in [-0.39, 0.29) is 10.7 Å². The van der Waals surface area contributed by atoms with E-state index in [1.807, 2.05) is 12.1 Å². The van der Waals surface area contributed by atoms with Gasteiger partial charge in [-0.15, -0.1) is 0 Å². The number of benzene rings is 2. The lowest BCUT2D eigenvalue weighted by atomic mass is 10.1. The van der Waals surface area contributed by atoms with Gasteiger partial charge in [0.05, 0.1) is 4.90 Å². The van der Waals surface area contributed by atoms with Crippen LogP contribution < -0.4 is 5.14 Å². The Hall–Kier alpha value is -2.65. The molecule has 1 aromatic heterocycles. The van der Waals surface area contributed by atoms with Crippen LogP contribution in [0.25, 0.3) is 17.1 Å². The van der Waals surface area contributed by atoms with Gasteiger partial charge in [-0.05, 0) is 54.8 Å². The van der Waals surface area contributed by atoms with Crippen molar-refractivity contribution in [2.24, 2.45) is 5.14 Å². The highest BCUT2D eigenvalue weighted by atomic mass is 32.2. The van der Waals surface area contributed by atoms with E-state index in [9.17, 15) is 21.6 Å². The summed E-state index contributed by atoms with van der Waals surface area (Å²) in [6.07, 6.45) is -0.691. The topological polar surface area (TPSA) is 78.0 Å². The molecule has 0 fully saturated rings. The van der Waals surface area contributed by atoms with Crippen molar-refractivity contribution < 1.29 is 21.6 Å². The van der Waals surface area contributed by atoms with Gasteiger partial charge in [0.1, 0.15) is 5.82 Å². The molecule has 0 aliphatic heterocycles. The van der Waals surface area contributed by atoms with Crippen LogP contribution in [0.5, 0.6) is 0 Å². The number of nitrogens with zero attached hydrogens (tertiary/aromatic N) is 2. The standard InChI is InChI=1S/C20H20F3N3O2S/c1-2-3-4-14-5-9-16(10-6-14)26-13-18(20(21,22)23)25-19(26)15-7-11-17(12-8-15)29(24,27)28/h5-13H,2-4H2,1H3,(H2,24,27,28). The number of sulfonamides is 1. The molecule has 0 unspecified atom stereocenters. The van der Waals surface area contributed by atoms with Gasteiger partial charge in [0, 0.05) is 17.4 Å². The zero-order valence-electron chi connectivity index (χ0n) is 15.6. The van der Waals surface area contributed by atoms with E-state index in [4.69, 9.17) is 5.14 Å². The van der Waals surface area contributed by atoms with E-state index >= 15 is 0 Å². The minimum Gasteiger partial charge on any atom is -0.299 e. The third kappa shape index (κ3) is 4.86. The Morgan fingerprint density at radius 2 is 1.66 bits per heavy atom. The first-order valence-electron chi connectivity index (χ1n) is 8.98. The van der Waals surface area contributed by atoms with Crippen molar-refractivity contribution >= 4 is 10.0 Å². The number of alkyl halides is 3. The molecule has 2 aromatic carbocycles. The Morgan fingerprint density at radius 3 is 2.17 bits per heavy atom. The van der Waals surface area contributed by atoms with E-state index < -0.39 is 21.9 Å². The van der Waals surface area contributed by atoms with Crippen molar-refractivity contribution in [3.05, 3.63) is 66.0 Å². The molecule has 0 bridgehead atoms. The molecule has 29 heavy (non-hydrogen) atoms.